The highest BCUT2D eigenvalue weighted by atomic mass is 15.1. The minimum atomic E-state index is 0.637. The van der Waals surface area contributed by atoms with Gasteiger partial charge in [-0.2, -0.15) is 0 Å². The van der Waals surface area contributed by atoms with Crippen molar-refractivity contribution in [1.29, 1.82) is 0 Å². The first-order valence-corrected chi connectivity index (χ1v) is 2.68. The van der Waals surface area contributed by atoms with E-state index >= 15 is 0 Å². The van der Waals surface area contributed by atoms with Crippen LogP contribution in [0.15, 0.2) is 0 Å². The van der Waals surface area contributed by atoms with Gasteiger partial charge in [0.1, 0.15) is 0 Å². The minimum Gasteiger partial charge on any atom is -0.304 e. The summed E-state index contributed by atoms with van der Waals surface area (Å²) < 4.78 is 0. The summed E-state index contributed by atoms with van der Waals surface area (Å²) >= 11 is 0. The van der Waals surface area contributed by atoms with E-state index < -0.39 is 0 Å². The van der Waals surface area contributed by atoms with Crippen LogP contribution in [0.1, 0.15) is 13.8 Å². The molecular weight excluding hydrogens is 86.1 g/mol. The van der Waals surface area contributed by atoms with Crippen LogP contribution < -0.4 is 0 Å². The molecule has 43 valence electrons. The van der Waals surface area contributed by atoms with Crippen molar-refractivity contribution in [1.82, 2.24) is 4.90 Å². The normalized spacial score (nSPS) is 11.1. The van der Waals surface area contributed by atoms with E-state index in [1.807, 2.05) is 0 Å². The second-order valence-corrected chi connectivity index (χ2v) is 2.07. The average Bonchev–Trinajstić information content (AvgIpc) is 1.65. The molecule has 0 amide bonds. The molecule has 0 saturated carbocycles. The first-order chi connectivity index (χ1) is 3.18. The van der Waals surface area contributed by atoms with Crippen LogP contribution in [-0.4, -0.2) is 24.5 Å². The third kappa shape index (κ3) is 2.63. The summed E-state index contributed by atoms with van der Waals surface area (Å²) in [6.07, 6.45) is 0. The zero-order valence-electron chi connectivity index (χ0n) is 5.44. The van der Waals surface area contributed by atoms with Crippen LogP contribution in [0.2, 0.25) is 0 Å². The Morgan fingerprint density at radius 1 is 1.57 bits per heavy atom. The summed E-state index contributed by atoms with van der Waals surface area (Å²) in [4.78, 5) is 2.18. The van der Waals surface area contributed by atoms with Crippen molar-refractivity contribution in [2.45, 2.75) is 19.9 Å². The van der Waals surface area contributed by atoms with Gasteiger partial charge >= 0.3 is 0 Å². The Bertz CT molecular complexity index is 41.4. The fraction of sp³-hybridized carbons (Fsp3) is 0.833. The van der Waals surface area contributed by atoms with Crippen molar-refractivity contribution in [3.05, 3.63) is 6.92 Å². The molecule has 0 aliphatic carbocycles. The molecule has 0 bridgehead atoms. The zero-order chi connectivity index (χ0) is 5.86. The second kappa shape index (κ2) is 3.03. The molecule has 1 nitrogen and oxygen atoms in total. The van der Waals surface area contributed by atoms with E-state index in [4.69, 9.17) is 0 Å². The van der Waals surface area contributed by atoms with Crippen LogP contribution in [0.25, 0.3) is 0 Å². The summed E-state index contributed by atoms with van der Waals surface area (Å²) in [5.41, 5.74) is 0. The third-order valence-corrected chi connectivity index (χ3v) is 1.23. The van der Waals surface area contributed by atoms with E-state index in [9.17, 15) is 0 Å². The van der Waals surface area contributed by atoms with Gasteiger partial charge in [-0.25, -0.2) is 0 Å². The quantitative estimate of drug-likeness (QED) is 0.503. The van der Waals surface area contributed by atoms with Gasteiger partial charge in [-0.3, -0.25) is 0 Å². The Kier molecular flexibility index (Phi) is 3.01. The third-order valence-electron chi connectivity index (χ3n) is 1.23. The van der Waals surface area contributed by atoms with Gasteiger partial charge < -0.3 is 4.90 Å². The maximum absolute atomic E-state index is 3.73. The Morgan fingerprint density at radius 3 is 2.00 bits per heavy atom. The monoisotopic (exact) mass is 100 g/mol. The molecule has 0 saturated heterocycles. The summed E-state index contributed by atoms with van der Waals surface area (Å²) in [5.74, 6) is 0. The van der Waals surface area contributed by atoms with Crippen molar-refractivity contribution in [3.8, 4) is 0 Å². The highest BCUT2D eigenvalue weighted by Crippen LogP contribution is 1.89. The van der Waals surface area contributed by atoms with Gasteiger partial charge in [0.05, 0.1) is 0 Å². The standard InChI is InChI=1S/C6H14N/c1-5-7(4)6(2)3/h6H,1,5H2,2-4H3. The predicted octanol–water partition coefficient (Wildman–Crippen LogP) is 1.16. The number of hydrogen-bond donors (Lipinski definition) is 0. The lowest BCUT2D eigenvalue weighted by Crippen LogP contribution is -2.25. The smallest absolute Gasteiger partial charge is 0.00355 e. The summed E-state index contributed by atoms with van der Waals surface area (Å²) in [5, 5.41) is 0. The first-order valence-electron chi connectivity index (χ1n) is 2.68. The molecular formula is C6H14N. The van der Waals surface area contributed by atoms with Crippen LogP contribution in [0.3, 0.4) is 0 Å². The Balaban J connectivity index is 3.14. The Labute approximate surface area is 46.3 Å². The van der Waals surface area contributed by atoms with Crippen LogP contribution in [0.5, 0.6) is 0 Å². The van der Waals surface area contributed by atoms with Gasteiger partial charge in [-0.05, 0) is 34.4 Å². The molecule has 0 unspecified atom stereocenters. The molecule has 0 fully saturated rings. The lowest BCUT2D eigenvalue weighted by atomic mass is 10.3. The fourth-order valence-corrected chi connectivity index (χ4v) is 0.258. The first kappa shape index (κ1) is 6.96. The highest BCUT2D eigenvalue weighted by molar-refractivity contribution is 4.55. The number of rotatable bonds is 2. The van der Waals surface area contributed by atoms with Gasteiger partial charge in [-0.1, -0.05) is 0 Å². The summed E-state index contributed by atoms with van der Waals surface area (Å²) in [6.45, 7) is 8.95. The van der Waals surface area contributed by atoms with Gasteiger partial charge in [0.15, 0.2) is 0 Å². The molecule has 0 rings (SSSR count). The Hall–Kier alpha value is -0.0400. The average molecular weight is 100 g/mol. The van der Waals surface area contributed by atoms with E-state index in [0.29, 0.717) is 6.04 Å². The molecule has 1 radical (unpaired) electrons. The van der Waals surface area contributed by atoms with Crippen LogP contribution in [0.4, 0.5) is 0 Å². The highest BCUT2D eigenvalue weighted by Gasteiger charge is 1.95. The van der Waals surface area contributed by atoms with E-state index in [2.05, 4.69) is 32.7 Å². The molecule has 0 heterocycles. The zero-order valence-corrected chi connectivity index (χ0v) is 5.44. The summed E-state index contributed by atoms with van der Waals surface area (Å²) in [7, 11) is 2.07. The molecule has 1 heteroatoms. The van der Waals surface area contributed by atoms with Crippen molar-refractivity contribution in [3.63, 3.8) is 0 Å². The molecule has 0 aromatic heterocycles. The SMILES string of the molecule is [CH2]CN(C)C(C)C. The van der Waals surface area contributed by atoms with Gasteiger partial charge in [-0.15, -0.1) is 0 Å². The van der Waals surface area contributed by atoms with Crippen molar-refractivity contribution in [2.24, 2.45) is 0 Å². The summed E-state index contributed by atoms with van der Waals surface area (Å²) in [6, 6.07) is 0.637. The largest absolute Gasteiger partial charge is 0.304 e. The van der Waals surface area contributed by atoms with Crippen LogP contribution in [-0.2, 0) is 0 Å². The molecule has 0 aliphatic heterocycles. The molecule has 0 aromatic rings. The van der Waals surface area contributed by atoms with Gasteiger partial charge in [0.25, 0.3) is 0 Å². The van der Waals surface area contributed by atoms with Crippen molar-refractivity contribution in [2.75, 3.05) is 13.6 Å². The van der Waals surface area contributed by atoms with E-state index in [-0.39, 0.29) is 0 Å². The molecule has 0 aromatic carbocycles. The van der Waals surface area contributed by atoms with Crippen LogP contribution in [0, 0.1) is 6.92 Å². The molecule has 7 heavy (non-hydrogen) atoms. The van der Waals surface area contributed by atoms with Crippen LogP contribution >= 0.6 is 0 Å². The lowest BCUT2D eigenvalue weighted by molar-refractivity contribution is 0.302. The second-order valence-electron chi connectivity index (χ2n) is 2.07. The van der Waals surface area contributed by atoms with Gasteiger partial charge in [0.2, 0.25) is 0 Å². The minimum absolute atomic E-state index is 0.637. The van der Waals surface area contributed by atoms with Gasteiger partial charge in [0, 0.05) is 6.04 Å². The predicted molar refractivity (Wildman–Crippen MR) is 33.1 cm³/mol. The van der Waals surface area contributed by atoms with Crippen molar-refractivity contribution < 1.29 is 0 Å². The number of nitrogens with zero attached hydrogens (tertiary/aromatic N) is 1. The van der Waals surface area contributed by atoms with E-state index in [1.54, 1.807) is 0 Å². The fourth-order valence-electron chi connectivity index (χ4n) is 0.258. The molecule has 0 atom stereocenters. The Morgan fingerprint density at radius 2 is 2.00 bits per heavy atom. The maximum atomic E-state index is 3.73. The number of hydrogen-bond acceptors (Lipinski definition) is 1. The van der Waals surface area contributed by atoms with E-state index in [1.165, 1.54) is 0 Å². The molecule has 0 spiro atoms. The lowest BCUT2D eigenvalue weighted by Gasteiger charge is -2.17. The molecule has 0 aliphatic rings. The van der Waals surface area contributed by atoms with E-state index in [0.717, 1.165) is 6.54 Å². The van der Waals surface area contributed by atoms with Crippen molar-refractivity contribution >= 4 is 0 Å². The maximum Gasteiger partial charge on any atom is 0.00355 e. The topological polar surface area (TPSA) is 3.24 Å². The molecule has 0 N–H and O–H groups in total.